The van der Waals surface area contributed by atoms with Gasteiger partial charge in [0.05, 0.1) is 17.1 Å². The predicted molar refractivity (Wildman–Crippen MR) is 90.2 cm³/mol. The molecule has 6 heteroatoms. The fourth-order valence-corrected chi connectivity index (χ4v) is 2.69. The molecule has 0 radical (unpaired) electrons. The Balaban J connectivity index is 2.10. The number of hydrogen-bond donors (Lipinski definition) is 0. The second-order valence-electron chi connectivity index (χ2n) is 4.74. The molecular formula is C16H11Cl2N3O. The Labute approximate surface area is 136 Å². The molecule has 0 aliphatic heterocycles. The van der Waals surface area contributed by atoms with Gasteiger partial charge >= 0.3 is 0 Å². The lowest BCUT2D eigenvalue weighted by Crippen LogP contribution is -2.20. The largest absolute Gasteiger partial charge is 0.282 e. The highest BCUT2D eigenvalue weighted by molar-refractivity contribution is 6.35. The third-order valence-electron chi connectivity index (χ3n) is 3.12. The molecule has 0 unspecified atom stereocenters. The minimum Gasteiger partial charge on any atom is -0.267 e. The summed E-state index contributed by atoms with van der Waals surface area (Å²) in [6.07, 6.45) is 1.53. The molecule has 0 atom stereocenters. The van der Waals surface area contributed by atoms with Crippen LogP contribution in [0.25, 0.3) is 10.9 Å². The lowest BCUT2D eigenvalue weighted by molar-refractivity contribution is 0.771. The van der Waals surface area contributed by atoms with Crippen molar-refractivity contribution in [2.45, 2.75) is 6.92 Å². The van der Waals surface area contributed by atoms with Gasteiger partial charge in [-0.2, -0.15) is 9.78 Å². The molecule has 1 aromatic heterocycles. The van der Waals surface area contributed by atoms with Crippen molar-refractivity contribution in [2.24, 2.45) is 5.10 Å². The van der Waals surface area contributed by atoms with Crippen molar-refractivity contribution in [3.05, 3.63) is 74.3 Å². The van der Waals surface area contributed by atoms with Gasteiger partial charge in [0.25, 0.3) is 5.56 Å². The van der Waals surface area contributed by atoms with Crippen LogP contribution in [0, 0.1) is 6.92 Å². The van der Waals surface area contributed by atoms with Gasteiger partial charge in [0, 0.05) is 10.0 Å². The molecule has 4 nitrogen and oxygen atoms in total. The number of aromatic nitrogens is 2. The zero-order valence-electron chi connectivity index (χ0n) is 11.6. The van der Waals surface area contributed by atoms with Gasteiger partial charge < -0.3 is 0 Å². The van der Waals surface area contributed by atoms with E-state index in [1.165, 1.54) is 10.9 Å². The monoisotopic (exact) mass is 331 g/mol. The van der Waals surface area contributed by atoms with E-state index in [9.17, 15) is 4.79 Å². The van der Waals surface area contributed by atoms with Crippen LogP contribution in [0.2, 0.25) is 10.0 Å². The van der Waals surface area contributed by atoms with E-state index >= 15 is 0 Å². The summed E-state index contributed by atoms with van der Waals surface area (Å²) in [5.74, 6) is 0.507. The number of aryl methyl sites for hydroxylation is 1. The Morgan fingerprint density at radius 2 is 1.82 bits per heavy atom. The van der Waals surface area contributed by atoms with Gasteiger partial charge in [0.15, 0.2) is 0 Å². The lowest BCUT2D eigenvalue weighted by Gasteiger charge is -2.05. The third-order valence-corrected chi connectivity index (χ3v) is 3.56. The Hall–Kier alpha value is -2.17. The highest BCUT2D eigenvalue weighted by atomic mass is 35.5. The van der Waals surface area contributed by atoms with Crippen LogP contribution in [0.15, 0.2) is 52.4 Å². The maximum absolute atomic E-state index is 12.5. The minimum absolute atomic E-state index is 0.215. The van der Waals surface area contributed by atoms with E-state index in [1.807, 2.05) is 6.07 Å². The van der Waals surface area contributed by atoms with E-state index in [-0.39, 0.29) is 5.56 Å². The molecule has 0 aliphatic carbocycles. The van der Waals surface area contributed by atoms with Crippen molar-refractivity contribution in [3.63, 3.8) is 0 Å². The number of nitrogens with zero attached hydrogens (tertiary/aromatic N) is 3. The van der Waals surface area contributed by atoms with Crippen LogP contribution in [0.5, 0.6) is 0 Å². The molecule has 0 aliphatic rings. The SMILES string of the molecule is Cc1nc2ccccc2c(=O)n1N=Cc1cc(Cl)cc(Cl)c1. The summed E-state index contributed by atoms with van der Waals surface area (Å²) in [4.78, 5) is 16.8. The maximum Gasteiger partial charge on any atom is 0.282 e. The quantitative estimate of drug-likeness (QED) is 0.668. The fraction of sp³-hybridized carbons (Fsp3) is 0.0625. The van der Waals surface area contributed by atoms with E-state index in [1.54, 1.807) is 43.3 Å². The van der Waals surface area contributed by atoms with Crippen molar-refractivity contribution in [1.82, 2.24) is 9.66 Å². The molecule has 0 amide bonds. The van der Waals surface area contributed by atoms with Crippen LogP contribution in [0.1, 0.15) is 11.4 Å². The Kier molecular flexibility index (Phi) is 3.96. The van der Waals surface area contributed by atoms with Gasteiger partial charge in [-0.15, -0.1) is 0 Å². The molecule has 0 spiro atoms. The molecule has 0 N–H and O–H groups in total. The molecule has 1 heterocycles. The van der Waals surface area contributed by atoms with E-state index in [0.717, 1.165) is 0 Å². The highest BCUT2D eigenvalue weighted by Gasteiger charge is 2.06. The standard InChI is InChI=1S/C16H11Cl2N3O/c1-10-20-15-5-3-2-4-14(15)16(22)21(10)19-9-11-6-12(17)8-13(18)7-11/h2-9H,1H3. The number of para-hydroxylation sites is 1. The molecule has 0 bridgehead atoms. The lowest BCUT2D eigenvalue weighted by atomic mass is 10.2. The summed E-state index contributed by atoms with van der Waals surface area (Å²) in [5, 5.41) is 5.75. The van der Waals surface area contributed by atoms with Crippen LogP contribution in [0.3, 0.4) is 0 Å². The van der Waals surface area contributed by atoms with Gasteiger partial charge in [-0.25, -0.2) is 4.98 Å². The van der Waals surface area contributed by atoms with E-state index in [0.29, 0.717) is 32.3 Å². The predicted octanol–water partition coefficient (Wildman–Crippen LogP) is 3.89. The molecule has 0 fully saturated rings. The normalized spacial score (nSPS) is 11.4. The van der Waals surface area contributed by atoms with E-state index < -0.39 is 0 Å². The smallest absolute Gasteiger partial charge is 0.267 e. The van der Waals surface area contributed by atoms with Crippen molar-refractivity contribution < 1.29 is 0 Å². The van der Waals surface area contributed by atoms with Crippen molar-refractivity contribution >= 4 is 40.3 Å². The number of halogens is 2. The summed E-state index contributed by atoms with van der Waals surface area (Å²) >= 11 is 11.9. The molecule has 110 valence electrons. The van der Waals surface area contributed by atoms with E-state index in [4.69, 9.17) is 23.2 Å². The number of rotatable bonds is 2. The van der Waals surface area contributed by atoms with Crippen LogP contribution < -0.4 is 5.56 Å². The number of hydrogen-bond acceptors (Lipinski definition) is 3. The van der Waals surface area contributed by atoms with Gasteiger partial charge in [0.1, 0.15) is 5.82 Å². The van der Waals surface area contributed by atoms with Crippen LogP contribution in [-0.4, -0.2) is 15.9 Å². The summed E-state index contributed by atoms with van der Waals surface area (Å²) < 4.78 is 1.26. The summed E-state index contributed by atoms with van der Waals surface area (Å²) in [5.41, 5.74) is 1.15. The number of benzene rings is 2. The van der Waals surface area contributed by atoms with Crippen molar-refractivity contribution in [2.75, 3.05) is 0 Å². The average Bonchev–Trinajstić information content (AvgIpc) is 2.46. The first kappa shape index (κ1) is 14.8. The van der Waals surface area contributed by atoms with Gasteiger partial charge in [-0.1, -0.05) is 35.3 Å². The summed E-state index contributed by atoms with van der Waals surface area (Å²) in [6.45, 7) is 1.73. The molecular weight excluding hydrogens is 321 g/mol. The van der Waals surface area contributed by atoms with Crippen LogP contribution >= 0.6 is 23.2 Å². The van der Waals surface area contributed by atoms with Crippen LogP contribution in [-0.2, 0) is 0 Å². The Morgan fingerprint density at radius 3 is 2.55 bits per heavy atom. The second kappa shape index (κ2) is 5.91. The fourth-order valence-electron chi connectivity index (χ4n) is 2.14. The van der Waals surface area contributed by atoms with Gasteiger partial charge in [-0.05, 0) is 42.8 Å². The van der Waals surface area contributed by atoms with Crippen molar-refractivity contribution in [1.29, 1.82) is 0 Å². The zero-order valence-corrected chi connectivity index (χ0v) is 13.1. The molecule has 0 saturated carbocycles. The third kappa shape index (κ3) is 2.89. The topological polar surface area (TPSA) is 47.2 Å². The Morgan fingerprint density at radius 1 is 1.14 bits per heavy atom. The first-order valence-electron chi connectivity index (χ1n) is 6.53. The number of fused-ring (bicyclic) bond motifs is 1. The van der Waals surface area contributed by atoms with Crippen molar-refractivity contribution in [3.8, 4) is 0 Å². The summed E-state index contributed by atoms with van der Waals surface area (Å²) in [7, 11) is 0. The first-order chi connectivity index (χ1) is 10.5. The van der Waals surface area contributed by atoms with Crippen LogP contribution in [0.4, 0.5) is 0 Å². The Bertz CT molecular complexity index is 928. The maximum atomic E-state index is 12.5. The highest BCUT2D eigenvalue weighted by Crippen LogP contribution is 2.18. The molecule has 0 saturated heterocycles. The zero-order chi connectivity index (χ0) is 15.7. The van der Waals surface area contributed by atoms with Gasteiger partial charge in [0.2, 0.25) is 0 Å². The molecule has 3 aromatic rings. The summed E-state index contributed by atoms with van der Waals surface area (Å²) in [6, 6.07) is 12.2. The minimum atomic E-state index is -0.215. The van der Waals surface area contributed by atoms with E-state index in [2.05, 4.69) is 10.1 Å². The molecule has 22 heavy (non-hydrogen) atoms. The first-order valence-corrected chi connectivity index (χ1v) is 7.29. The van der Waals surface area contributed by atoms with Gasteiger partial charge in [-0.3, -0.25) is 4.79 Å². The molecule has 2 aromatic carbocycles. The molecule has 3 rings (SSSR count). The average molecular weight is 332 g/mol. The second-order valence-corrected chi connectivity index (χ2v) is 5.61.